The van der Waals surface area contributed by atoms with Crippen LogP contribution in [0.4, 0.5) is 4.79 Å². The van der Waals surface area contributed by atoms with Gasteiger partial charge in [-0.3, -0.25) is 14.9 Å². The zero-order valence-electron chi connectivity index (χ0n) is 13.6. The van der Waals surface area contributed by atoms with Gasteiger partial charge < -0.3 is 19.0 Å². The molecule has 2 heterocycles. The number of imide groups is 1. The number of nitrogens with zero attached hydrogens (tertiary/aromatic N) is 1. The molecule has 26 heavy (non-hydrogen) atoms. The summed E-state index contributed by atoms with van der Waals surface area (Å²) >= 11 is 0. The summed E-state index contributed by atoms with van der Waals surface area (Å²) in [6, 6.07) is 9.72. The third-order valence-electron chi connectivity index (χ3n) is 3.38. The van der Waals surface area contributed by atoms with Gasteiger partial charge in [-0.05, 0) is 24.3 Å². The van der Waals surface area contributed by atoms with Gasteiger partial charge in [-0.25, -0.2) is 4.79 Å². The predicted octanol–water partition coefficient (Wildman–Crippen LogP) is 1.53. The second-order valence-corrected chi connectivity index (χ2v) is 5.27. The van der Waals surface area contributed by atoms with Crippen LogP contribution < -0.4 is 10.6 Å². The van der Waals surface area contributed by atoms with Crippen LogP contribution in [0.5, 0.6) is 0 Å². The summed E-state index contributed by atoms with van der Waals surface area (Å²) in [5.74, 6) is -0.866. The van der Waals surface area contributed by atoms with Crippen LogP contribution in [0.15, 0.2) is 51.6 Å². The average Bonchev–Trinajstić information content (AvgIpc) is 3.29. The number of para-hydroxylation sites is 1. The fraction of sp³-hybridized carbons (Fsp3) is 0.176. The second-order valence-electron chi connectivity index (χ2n) is 5.27. The normalized spacial score (nSPS) is 10.5. The van der Waals surface area contributed by atoms with E-state index in [0.29, 0.717) is 22.4 Å². The largest absolute Gasteiger partial charge is 0.467 e. The molecule has 9 heteroatoms. The molecule has 3 rings (SSSR count). The van der Waals surface area contributed by atoms with Gasteiger partial charge in [0.05, 0.1) is 19.2 Å². The Balaban J connectivity index is 1.41. The van der Waals surface area contributed by atoms with Gasteiger partial charge in [0.15, 0.2) is 12.2 Å². The number of aromatic nitrogens is 1. The van der Waals surface area contributed by atoms with Crippen molar-refractivity contribution in [1.29, 1.82) is 0 Å². The summed E-state index contributed by atoms with van der Waals surface area (Å²) in [5, 5.41) is 8.99. The van der Waals surface area contributed by atoms with E-state index in [1.54, 1.807) is 36.4 Å². The molecular formula is C17H15N3O6. The third-order valence-corrected chi connectivity index (χ3v) is 3.38. The minimum absolute atomic E-state index is 0.130. The number of urea groups is 1. The molecule has 2 N–H and O–H groups in total. The quantitative estimate of drug-likeness (QED) is 0.641. The maximum atomic E-state index is 11.8. The lowest BCUT2D eigenvalue weighted by molar-refractivity contribution is -0.147. The Morgan fingerprint density at radius 2 is 1.96 bits per heavy atom. The molecule has 0 saturated heterocycles. The Kier molecular flexibility index (Phi) is 5.28. The van der Waals surface area contributed by atoms with Crippen LogP contribution in [0, 0.1) is 0 Å². The lowest BCUT2D eigenvalue weighted by Gasteiger charge is -2.06. The van der Waals surface area contributed by atoms with Crippen molar-refractivity contribution in [1.82, 2.24) is 15.8 Å². The highest BCUT2D eigenvalue weighted by Gasteiger charge is 2.15. The Labute approximate surface area is 147 Å². The van der Waals surface area contributed by atoms with Crippen LogP contribution >= 0.6 is 0 Å². The Morgan fingerprint density at radius 3 is 2.77 bits per heavy atom. The molecule has 3 aromatic rings. The van der Waals surface area contributed by atoms with Crippen LogP contribution in [0.2, 0.25) is 0 Å². The van der Waals surface area contributed by atoms with E-state index in [2.05, 4.69) is 10.5 Å². The van der Waals surface area contributed by atoms with Crippen molar-refractivity contribution in [2.24, 2.45) is 0 Å². The summed E-state index contributed by atoms with van der Waals surface area (Å²) in [6.45, 7) is -0.450. The third kappa shape index (κ3) is 4.47. The standard InChI is InChI=1S/C17H15N3O6/c21-15(19-17(23)18-9-11-4-3-7-24-11)10-25-16(22)8-13-12-5-1-2-6-14(12)26-20-13/h1-7H,8-10H2,(H2,18,19,21,23). The fourth-order valence-electron chi connectivity index (χ4n) is 2.19. The predicted molar refractivity (Wildman–Crippen MR) is 87.8 cm³/mol. The van der Waals surface area contributed by atoms with Crippen molar-refractivity contribution in [2.45, 2.75) is 13.0 Å². The summed E-state index contributed by atoms with van der Waals surface area (Å²) in [5.41, 5.74) is 0.975. The fourth-order valence-corrected chi connectivity index (χ4v) is 2.19. The molecule has 3 amide bonds. The number of furan rings is 1. The molecule has 134 valence electrons. The number of carbonyl (C=O) groups is 3. The molecule has 0 aliphatic heterocycles. The molecule has 0 radical (unpaired) electrons. The summed E-state index contributed by atoms with van der Waals surface area (Å²) < 4.78 is 15.0. The number of rotatable bonds is 6. The number of fused-ring (bicyclic) bond motifs is 1. The van der Waals surface area contributed by atoms with Crippen LogP contribution in [0.1, 0.15) is 11.5 Å². The van der Waals surface area contributed by atoms with Crippen LogP contribution in [-0.4, -0.2) is 29.7 Å². The highest BCUT2D eigenvalue weighted by Crippen LogP contribution is 2.18. The van der Waals surface area contributed by atoms with E-state index in [0.717, 1.165) is 0 Å². The van der Waals surface area contributed by atoms with Gasteiger partial charge in [0.25, 0.3) is 5.91 Å². The molecular weight excluding hydrogens is 342 g/mol. The van der Waals surface area contributed by atoms with E-state index in [1.165, 1.54) is 6.26 Å². The number of hydrogen-bond acceptors (Lipinski definition) is 7. The van der Waals surface area contributed by atoms with Crippen molar-refractivity contribution in [3.05, 3.63) is 54.1 Å². The van der Waals surface area contributed by atoms with Gasteiger partial charge in [-0.15, -0.1) is 0 Å². The average molecular weight is 357 g/mol. The highest BCUT2D eigenvalue weighted by molar-refractivity contribution is 5.95. The monoisotopic (exact) mass is 357 g/mol. The molecule has 0 aliphatic carbocycles. The van der Waals surface area contributed by atoms with E-state index < -0.39 is 24.5 Å². The maximum Gasteiger partial charge on any atom is 0.321 e. The molecule has 2 aromatic heterocycles. The van der Waals surface area contributed by atoms with Crippen molar-refractivity contribution in [3.63, 3.8) is 0 Å². The zero-order valence-corrected chi connectivity index (χ0v) is 13.6. The first-order valence-electron chi connectivity index (χ1n) is 7.71. The molecule has 1 aromatic carbocycles. The van der Waals surface area contributed by atoms with Crippen LogP contribution in [0.25, 0.3) is 11.0 Å². The molecule has 0 aliphatic rings. The second kappa shape index (κ2) is 7.97. The van der Waals surface area contributed by atoms with Crippen molar-refractivity contribution >= 4 is 28.9 Å². The first kappa shape index (κ1) is 17.2. The minimum Gasteiger partial charge on any atom is -0.467 e. The lowest BCUT2D eigenvalue weighted by Crippen LogP contribution is -2.41. The Morgan fingerprint density at radius 1 is 1.12 bits per heavy atom. The minimum atomic E-state index is -0.750. The SMILES string of the molecule is O=C(COC(=O)Cc1noc2ccccc12)NC(=O)NCc1ccco1. The summed E-state index contributed by atoms with van der Waals surface area (Å²) in [7, 11) is 0. The molecule has 0 saturated carbocycles. The molecule has 0 spiro atoms. The number of ether oxygens (including phenoxy) is 1. The van der Waals surface area contributed by atoms with Gasteiger partial charge in [0.1, 0.15) is 11.5 Å². The van der Waals surface area contributed by atoms with Gasteiger partial charge >= 0.3 is 12.0 Å². The highest BCUT2D eigenvalue weighted by atomic mass is 16.5. The van der Waals surface area contributed by atoms with E-state index in [-0.39, 0.29) is 13.0 Å². The first-order chi connectivity index (χ1) is 12.6. The zero-order chi connectivity index (χ0) is 18.4. The van der Waals surface area contributed by atoms with Gasteiger partial charge in [0.2, 0.25) is 0 Å². The summed E-state index contributed by atoms with van der Waals surface area (Å²) in [4.78, 5) is 35.0. The number of benzene rings is 1. The van der Waals surface area contributed by atoms with E-state index in [9.17, 15) is 14.4 Å². The number of carbonyl (C=O) groups excluding carboxylic acids is 3. The summed E-state index contributed by atoms with van der Waals surface area (Å²) in [6.07, 6.45) is 1.33. The Hall–Kier alpha value is -3.62. The van der Waals surface area contributed by atoms with Crippen molar-refractivity contribution in [2.75, 3.05) is 6.61 Å². The van der Waals surface area contributed by atoms with Crippen LogP contribution in [0.3, 0.4) is 0 Å². The van der Waals surface area contributed by atoms with Crippen molar-refractivity contribution in [3.8, 4) is 0 Å². The number of esters is 1. The molecule has 0 unspecified atom stereocenters. The molecule has 9 nitrogen and oxygen atoms in total. The molecule has 0 atom stereocenters. The van der Waals surface area contributed by atoms with Gasteiger partial charge in [0, 0.05) is 5.39 Å². The number of hydrogen-bond donors (Lipinski definition) is 2. The van der Waals surface area contributed by atoms with E-state index in [1.807, 2.05) is 5.32 Å². The van der Waals surface area contributed by atoms with E-state index in [4.69, 9.17) is 13.7 Å². The topological polar surface area (TPSA) is 124 Å². The molecule has 0 bridgehead atoms. The first-order valence-corrected chi connectivity index (χ1v) is 7.71. The van der Waals surface area contributed by atoms with E-state index >= 15 is 0 Å². The Bertz CT molecular complexity index is 916. The van der Waals surface area contributed by atoms with Gasteiger partial charge in [-0.1, -0.05) is 17.3 Å². The number of nitrogens with one attached hydrogen (secondary N) is 2. The lowest BCUT2D eigenvalue weighted by atomic mass is 10.2. The smallest absolute Gasteiger partial charge is 0.321 e. The molecule has 0 fully saturated rings. The van der Waals surface area contributed by atoms with Crippen LogP contribution in [-0.2, 0) is 27.3 Å². The number of amides is 3. The van der Waals surface area contributed by atoms with Gasteiger partial charge in [-0.2, -0.15) is 0 Å². The maximum absolute atomic E-state index is 11.8. The van der Waals surface area contributed by atoms with Crippen molar-refractivity contribution < 1.29 is 28.1 Å².